The smallest absolute Gasteiger partial charge is 0.227 e. The Bertz CT molecular complexity index is 717. The van der Waals surface area contributed by atoms with Gasteiger partial charge >= 0.3 is 0 Å². The van der Waals surface area contributed by atoms with Crippen LogP contribution in [0.25, 0.3) is 0 Å². The summed E-state index contributed by atoms with van der Waals surface area (Å²) in [5, 5.41) is 7.08. The van der Waals surface area contributed by atoms with E-state index in [4.69, 9.17) is 0 Å². The first-order valence-corrected chi connectivity index (χ1v) is 8.44. The van der Waals surface area contributed by atoms with Crippen molar-refractivity contribution in [3.8, 4) is 0 Å². The van der Waals surface area contributed by atoms with Gasteiger partial charge in [-0.2, -0.15) is 5.10 Å². The van der Waals surface area contributed by atoms with E-state index in [2.05, 4.69) is 10.2 Å². The maximum atomic E-state index is 12.7. The van der Waals surface area contributed by atoms with Gasteiger partial charge in [-0.3, -0.25) is 14.7 Å². The Morgan fingerprint density at radius 3 is 2.67 bits per heavy atom. The van der Waals surface area contributed by atoms with Gasteiger partial charge in [0.05, 0.1) is 12.1 Å². The van der Waals surface area contributed by atoms with Crippen molar-refractivity contribution >= 4 is 11.7 Å². The highest BCUT2D eigenvalue weighted by Crippen LogP contribution is 2.23. The zero-order valence-electron chi connectivity index (χ0n) is 14.2. The van der Waals surface area contributed by atoms with Crippen molar-refractivity contribution in [2.24, 2.45) is 0 Å². The number of amides is 1. The fourth-order valence-electron chi connectivity index (χ4n) is 3.42. The second kappa shape index (κ2) is 6.99. The maximum absolute atomic E-state index is 12.7. The molecule has 0 spiro atoms. The molecule has 0 saturated carbocycles. The molecule has 5 nitrogen and oxygen atoms in total. The van der Waals surface area contributed by atoms with Crippen LogP contribution in [0, 0.1) is 13.8 Å². The van der Waals surface area contributed by atoms with Gasteiger partial charge in [0.2, 0.25) is 5.91 Å². The Morgan fingerprint density at radius 1 is 1.25 bits per heavy atom. The summed E-state index contributed by atoms with van der Waals surface area (Å²) in [7, 11) is 0. The third-order valence-electron chi connectivity index (χ3n) is 4.82. The van der Waals surface area contributed by atoms with Crippen LogP contribution < -0.4 is 0 Å². The van der Waals surface area contributed by atoms with Crippen molar-refractivity contribution in [2.75, 3.05) is 6.54 Å². The zero-order chi connectivity index (χ0) is 17.1. The average molecular weight is 325 g/mol. The summed E-state index contributed by atoms with van der Waals surface area (Å²) in [5.41, 5.74) is 3.51. The standard InChI is InChI=1S/C19H23N3O2/c1-13-17(14(2)21-20-13)12-19(24)22-10-6-9-16(22)11-18(23)15-7-4-3-5-8-15/h3-5,7-8,16H,6,9-12H2,1-2H3,(H,20,21)/t16-/m1/s1. The van der Waals surface area contributed by atoms with E-state index in [1.807, 2.05) is 49.1 Å². The number of carbonyl (C=O) groups is 2. The van der Waals surface area contributed by atoms with Gasteiger partial charge in [-0.25, -0.2) is 0 Å². The lowest BCUT2D eigenvalue weighted by atomic mass is 10.0. The number of aryl methyl sites for hydroxylation is 2. The van der Waals surface area contributed by atoms with E-state index in [0.717, 1.165) is 41.9 Å². The van der Waals surface area contributed by atoms with Gasteiger partial charge in [0.25, 0.3) is 0 Å². The lowest BCUT2D eigenvalue weighted by molar-refractivity contribution is -0.131. The summed E-state index contributed by atoms with van der Waals surface area (Å²) >= 11 is 0. The third-order valence-corrected chi connectivity index (χ3v) is 4.82. The summed E-state index contributed by atoms with van der Waals surface area (Å²) in [4.78, 5) is 27.0. The number of Topliss-reactive ketones (excluding diaryl/α,β-unsaturated/α-hetero) is 1. The van der Waals surface area contributed by atoms with Crippen LogP contribution in [0.15, 0.2) is 30.3 Å². The monoisotopic (exact) mass is 325 g/mol. The lowest BCUT2D eigenvalue weighted by Crippen LogP contribution is -2.38. The number of benzene rings is 1. The van der Waals surface area contributed by atoms with Gasteiger partial charge in [-0.1, -0.05) is 30.3 Å². The molecule has 1 aromatic carbocycles. The van der Waals surface area contributed by atoms with Gasteiger partial charge in [0, 0.05) is 35.8 Å². The maximum Gasteiger partial charge on any atom is 0.227 e. The highest BCUT2D eigenvalue weighted by Gasteiger charge is 2.31. The largest absolute Gasteiger partial charge is 0.339 e. The number of nitrogens with zero attached hydrogens (tertiary/aromatic N) is 2. The van der Waals surface area contributed by atoms with E-state index in [-0.39, 0.29) is 17.7 Å². The van der Waals surface area contributed by atoms with Gasteiger partial charge in [-0.05, 0) is 26.7 Å². The summed E-state index contributed by atoms with van der Waals surface area (Å²) in [6.07, 6.45) is 2.61. The number of H-pyrrole nitrogens is 1. The molecule has 1 aliphatic heterocycles. The Labute approximate surface area is 142 Å². The second-order valence-electron chi connectivity index (χ2n) is 6.47. The summed E-state index contributed by atoms with van der Waals surface area (Å²) in [5.74, 6) is 0.196. The Morgan fingerprint density at radius 2 is 2.00 bits per heavy atom. The first-order valence-electron chi connectivity index (χ1n) is 8.44. The molecule has 1 aliphatic rings. The lowest BCUT2D eigenvalue weighted by Gasteiger charge is -2.24. The van der Waals surface area contributed by atoms with E-state index in [1.54, 1.807) is 0 Å². The van der Waals surface area contributed by atoms with Crippen LogP contribution in [-0.4, -0.2) is 39.4 Å². The molecule has 0 radical (unpaired) electrons. The van der Waals surface area contributed by atoms with E-state index >= 15 is 0 Å². The third kappa shape index (κ3) is 3.40. The quantitative estimate of drug-likeness (QED) is 0.860. The summed E-state index contributed by atoms with van der Waals surface area (Å²) in [6.45, 7) is 4.58. The van der Waals surface area contributed by atoms with Crippen LogP contribution >= 0.6 is 0 Å². The van der Waals surface area contributed by atoms with Crippen LogP contribution in [0.3, 0.4) is 0 Å². The number of nitrogens with one attached hydrogen (secondary N) is 1. The molecular weight excluding hydrogens is 302 g/mol. The van der Waals surface area contributed by atoms with Gasteiger partial charge in [0.15, 0.2) is 5.78 Å². The SMILES string of the molecule is Cc1n[nH]c(C)c1CC(=O)N1CCC[C@@H]1CC(=O)c1ccccc1. The first kappa shape index (κ1) is 16.4. The number of ketones is 1. The molecule has 1 saturated heterocycles. The van der Waals surface area contributed by atoms with Crippen LogP contribution in [-0.2, 0) is 11.2 Å². The molecule has 1 amide bonds. The highest BCUT2D eigenvalue weighted by atomic mass is 16.2. The van der Waals surface area contributed by atoms with Crippen LogP contribution in [0.4, 0.5) is 0 Å². The molecule has 1 fully saturated rings. The fourth-order valence-corrected chi connectivity index (χ4v) is 3.42. The molecule has 5 heteroatoms. The van der Waals surface area contributed by atoms with E-state index in [9.17, 15) is 9.59 Å². The van der Waals surface area contributed by atoms with Crippen molar-refractivity contribution in [2.45, 2.75) is 45.6 Å². The van der Waals surface area contributed by atoms with Crippen LogP contribution in [0.5, 0.6) is 0 Å². The average Bonchev–Trinajstić information content (AvgIpc) is 3.17. The van der Waals surface area contributed by atoms with Crippen LogP contribution in [0.2, 0.25) is 0 Å². The Hall–Kier alpha value is -2.43. The van der Waals surface area contributed by atoms with Crippen molar-refractivity contribution < 1.29 is 9.59 Å². The molecule has 1 aromatic heterocycles. The van der Waals surface area contributed by atoms with Gasteiger partial charge < -0.3 is 4.90 Å². The minimum atomic E-state index is 0.0118. The molecule has 2 heterocycles. The molecule has 3 rings (SSSR count). The zero-order valence-corrected chi connectivity index (χ0v) is 14.2. The predicted octanol–water partition coefficient (Wildman–Crippen LogP) is 2.83. The molecule has 0 bridgehead atoms. The minimum absolute atomic E-state index is 0.0118. The summed E-state index contributed by atoms with van der Waals surface area (Å²) in [6, 6.07) is 9.32. The van der Waals surface area contributed by atoms with Crippen molar-refractivity contribution in [1.82, 2.24) is 15.1 Å². The number of aromatic nitrogens is 2. The second-order valence-corrected chi connectivity index (χ2v) is 6.47. The van der Waals surface area contributed by atoms with Crippen molar-refractivity contribution in [3.05, 3.63) is 52.8 Å². The van der Waals surface area contributed by atoms with Crippen molar-refractivity contribution in [3.63, 3.8) is 0 Å². The van der Waals surface area contributed by atoms with Crippen LogP contribution in [0.1, 0.15) is 46.6 Å². The molecule has 1 N–H and O–H groups in total. The predicted molar refractivity (Wildman–Crippen MR) is 91.9 cm³/mol. The minimum Gasteiger partial charge on any atom is -0.339 e. The Balaban J connectivity index is 1.67. The van der Waals surface area contributed by atoms with E-state index in [0.29, 0.717) is 12.8 Å². The topological polar surface area (TPSA) is 66.1 Å². The number of hydrogen-bond acceptors (Lipinski definition) is 3. The number of hydrogen-bond donors (Lipinski definition) is 1. The number of carbonyl (C=O) groups excluding carboxylic acids is 2. The van der Waals surface area contributed by atoms with E-state index in [1.165, 1.54) is 0 Å². The van der Waals surface area contributed by atoms with E-state index < -0.39 is 0 Å². The number of likely N-dealkylation sites (tertiary alicyclic amines) is 1. The van der Waals surface area contributed by atoms with Gasteiger partial charge in [0.1, 0.15) is 0 Å². The van der Waals surface area contributed by atoms with Crippen molar-refractivity contribution in [1.29, 1.82) is 0 Å². The molecular formula is C19H23N3O2. The molecule has 0 unspecified atom stereocenters. The Kier molecular flexibility index (Phi) is 4.79. The molecule has 1 atom stereocenters. The first-order chi connectivity index (χ1) is 11.6. The van der Waals surface area contributed by atoms with Gasteiger partial charge in [-0.15, -0.1) is 0 Å². The number of rotatable bonds is 5. The molecule has 24 heavy (non-hydrogen) atoms. The fraction of sp³-hybridized carbons (Fsp3) is 0.421. The summed E-state index contributed by atoms with van der Waals surface area (Å²) < 4.78 is 0. The normalized spacial score (nSPS) is 17.2. The highest BCUT2D eigenvalue weighted by molar-refractivity contribution is 5.96. The molecule has 0 aliphatic carbocycles. The molecule has 2 aromatic rings. The number of aromatic amines is 1. The molecule has 126 valence electrons.